The lowest BCUT2D eigenvalue weighted by Crippen LogP contribution is -2.44. The zero-order valence-electron chi connectivity index (χ0n) is 12.5. The van der Waals surface area contributed by atoms with Crippen LogP contribution in [0.15, 0.2) is 29.5 Å². The molecule has 3 heteroatoms. The fourth-order valence-corrected chi connectivity index (χ4v) is 3.22. The molecule has 3 nitrogen and oxygen atoms in total. The van der Waals surface area contributed by atoms with Gasteiger partial charge < -0.3 is 5.21 Å². The molecule has 0 aromatic heterocycles. The molecule has 1 heterocycles. The monoisotopic (exact) mass is 276 g/mol. The first-order valence-corrected chi connectivity index (χ1v) is 8.16. The predicted molar refractivity (Wildman–Crippen MR) is 84.4 cm³/mol. The van der Waals surface area contributed by atoms with Crippen molar-refractivity contribution in [3.05, 3.63) is 24.3 Å². The lowest BCUT2D eigenvalue weighted by Gasteiger charge is -2.34. The smallest absolute Gasteiger partial charge is 0.0745 e. The van der Waals surface area contributed by atoms with Crippen LogP contribution >= 0.6 is 0 Å². The molecule has 0 unspecified atom stereocenters. The number of piperidine rings is 1. The largest absolute Gasteiger partial charge is 0.411 e. The van der Waals surface area contributed by atoms with Crippen molar-refractivity contribution in [1.29, 1.82) is 0 Å². The predicted octanol–water partition coefficient (Wildman–Crippen LogP) is 4.14. The van der Waals surface area contributed by atoms with Crippen molar-refractivity contribution in [2.24, 2.45) is 5.16 Å². The molecule has 1 N–H and O–H groups in total. The van der Waals surface area contributed by atoms with Gasteiger partial charge in [0.05, 0.1) is 11.8 Å². The highest BCUT2D eigenvalue weighted by molar-refractivity contribution is 5.89. The van der Waals surface area contributed by atoms with Gasteiger partial charge in [-0.25, -0.2) is 0 Å². The topological polar surface area (TPSA) is 35.8 Å². The molecule has 112 valence electrons. The van der Waals surface area contributed by atoms with Crippen molar-refractivity contribution < 1.29 is 5.21 Å². The van der Waals surface area contributed by atoms with E-state index in [-0.39, 0.29) is 0 Å². The summed E-state index contributed by atoms with van der Waals surface area (Å²) in [5, 5.41) is 13.1. The Hall–Kier alpha value is -1.09. The van der Waals surface area contributed by atoms with Crippen LogP contribution in [-0.4, -0.2) is 35.0 Å². The first-order valence-electron chi connectivity index (χ1n) is 8.16. The number of oxime groups is 1. The Kier molecular flexibility index (Phi) is 6.85. The van der Waals surface area contributed by atoms with Crippen molar-refractivity contribution in [2.45, 2.75) is 63.8 Å². The number of hydrogen-bond donors (Lipinski definition) is 1. The quantitative estimate of drug-likeness (QED) is 0.444. The van der Waals surface area contributed by atoms with E-state index < -0.39 is 0 Å². The van der Waals surface area contributed by atoms with E-state index in [1.165, 1.54) is 19.3 Å². The third-order valence-corrected chi connectivity index (χ3v) is 4.35. The molecule has 1 aliphatic heterocycles. The first-order chi connectivity index (χ1) is 9.92. The summed E-state index contributed by atoms with van der Waals surface area (Å²) in [7, 11) is 0. The highest BCUT2D eigenvalue weighted by Crippen LogP contribution is 2.19. The summed E-state index contributed by atoms with van der Waals surface area (Å²) in [6.07, 6.45) is 19.3. The van der Waals surface area contributed by atoms with Gasteiger partial charge in [0.25, 0.3) is 0 Å². The van der Waals surface area contributed by atoms with Gasteiger partial charge in [-0.3, -0.25) is 4.90 Å². The van der Waals surface area contributed by atoms with Gasteiger partial charge in [0.1, 0.15) is 0 Å². The highest BCUT2D eigenvalue weighted by Gasteiger charge is 2.24. The van der Waals surface area contributed by atoms with Crippen molar-refractivity contribution in [3.63, 3.8) is 0 Å². The number of nitrogens with zero attached hydrogens (tertiary/aromatic N) is 2. The Bertz CT molecular complexity index is 354. The van der Waals surface area contributed by atoms with Crippen molar-refractivity contribution in [1.82, 2.24) is 4.90 Å². The van der Waals surface area contributed by atoms with Gasteiger partial charge in [-0.2, -0.15) is 0 Å². The normalized spacial score (nSPS) is 32.2. The fraction of sp³-hybridized carbons (Fsp3) is 0.706. The van der Waals surface area contributed by atoms with E-state index in [4.69, 9.17) is 0 Å². The summed E-state index contributed by atoms with van der Waals surface area (Å²) in [5.41, 5.74) is 0.977. The maximum absolute atomic E-state index is 9.42. The molecule has 0 saturated carbocycles. The maximum atomic E-state index is 9.42. The van der Waals surface area contributed by atoms with E-state index in [0.717, 1.165) is 57.3 Å². The lowest BCUT2D eigenvalue weighted by atomic mass is 9.97. The molecule has 2 aliphatic rings. The second-order valence-electron chi connectivity index (χ2n) is 5.84. The Morgan fingerprint density at radius 3 is 2.25 bits per heavy atom. The Morgan fingerprint density at radius 1 is 0.900 bits per heavy atom. The van der Waals surface area contributed by atoms with Crippen LogP contribution in [0.1, 0.15) is 57.8 Å². The van der Waals surface area contributed by atoms with Crippen LogP contribution in [0.2, 0.25) is 0 Å². The van der Waals surface area contributed by atoms with Gasteiger partial charge >= 0.3 is 0 Å². The zero-order chi connectivity index (χ0) is 14.0. The van der Waals surface area contributed by atoms with E-state index in [9.17, 15) is 5.21 Å². The van der Waals surface area contributed by atoms with E-state index in [1.807, 2.05) is 0 Å². The number of allylic oxidation sites excluding steroid dienone is 4. The van der Waals surface area contributed by atoms with Gasteiger partial charge in [-0.1, -0.05) is 35.9 Å². The van der Waals surface area contributed by atoms with Crippen LogP contribution in [0.5, 0.6) is 0 Å². The number of rotatable bonds is 1. The maximum Gasteiger partial charge on any atom is 0.0745 e. The van der Waals surface area contributed by atoms with Gasteiger partial charge in [-0.15, -0.1) is 0 Å². The first kappa shape index (κ1) is 15.3. The van der Waals surface area contributed by atoms with Crippen LogP contribution in [0.4, 0.5) is 0 Å². The van der Waals surface area contributed by atoms with Gasteiger partial charge in [0.2, 0.25) is 0 Å². The average molecular weight is 276 g/mol. The number of hydrogen-bond acceptors (Lipinski definition) is 3. The summed E-state index contributed by atoms with van der Waals surface area (Å²) in [6.45, 7) is 2.31. The Morgan fingerprint density at radius 2 is 1.55 bits per heavy atom. The van der Waals surface area contributed by atoms with Crippen molar-refractivity contribution in [2.75, 3.05) is 13.1 Å². The molecule has 1 fully saturated rings. The molecule has 0 bridgehead atoms. The summed E-state index contributed by atoms with van der Waals surface area (Å²) in [6, 6.07) is 0.331. The SMILES string of the molecule is O/N=C1\CC/C=C/CC/C=C/CC[C@H]1N1CCCCC1. The van der Waals surface area contributed by atoms with Crippen LogP contribution in [0, 0.1) is 0 Å². The lowest BCUT2D eigenvalue weighted by molar-refractivity contribution is 0.189. The van der Waals surface area contributed by atoms with E-state index in [2.05, 4.69) is 34.4 Å². The molecular weight excluding hydrogens is 248 g/mol. The minimum Gasteiger partial charge on any atom is -0.411 e. The summed E-state index contributed by atoms with van der Waals surface area (Å²) >= 11 is 0. The van der Waals surface area contributed by atoms with Crippen LogP contribution in [0.3, 0.4) is 0 Å². The van der Waals surface area contributed by atoms with E-state index in [0.29, 0.717) is 6.04 Å². The molecule has 0 amide bonds. The molecule has 2 rings (SSSR count). The van der Waals surface area contributed by atoms with Crippen molar-refractivity contribution >= 4 is 5.71 Å². The van der Waals surface area contributed by atoms with E-state index >= 15 is 0 Å². The van der Waals surface area contributed by atoms with Gasteiger partial charge in [-0.05, 0) is 64.5 Å². The molecule has 0 spiro atoms. The summed E-state index contributed by atoms with van der Waals surface area (Å²) < 4.78 is 0. The van der Waals surface area contributed by atoms with Crippen LogP contribution in [0.25, 0.3) is 0 Å². The molecule has 0 aromatic carbocycles. The molecule has 20 heavy (non-hydrogen) atoms. The molecule has 0 aromatic rings. The highest BCUT2D eigenvalue weighted by atomic mass is 16.4. The number of likely N-dealkylation sites (tertiary alicyclic amines) is 1. The Balaban J connectivity index is 2.05. The van der Waals surface area contributed by atoms with Crippen LogP contribution < -0.4 is 0 Å². The second-order valence-corrected chi connectivity index (χ2v) is 5.84. The van der Waals surface area contributed by atoms with Crippen molar-refractivity contribution in [3.8, 4) is 0 Å². The summed E-state index contributed by atoms with van der Waals surface area (Å²) in [5.74, 6) is 0. The minimum atomic E-state index is 0.331. The molecule has 1 atom stereocenters. The van der Waals surface area contributed by atoms with E-state index in [1.54, 1.807) is 0 Å². The van der Waals surface area contributed by atoms with Gasteiger partial charge in [0.15, 0.2) is 0 Å². The second kappa shape index (κ2) is 8.96. The molecule has 0 radical (unpaired) electrons. The zero-order valence-corrected chi connectivity index (χ0v) is 12.5. The molecular formula is C17H28N2O. The van der Waals surface area contributed by atoms with Gasteiger partial charge in [0, 0.05) is 0 Å². The molecule has 1 saturated heterocycles. The average Bonchev–Trinajstić information content (AvgIpc) is 2.49. The summed E-state index contributed by atoms with van der Waals surface area (Å²) in [4.78, 5) is 2.53. The Labute approximate surface area is 123 Å². The fourth-order valence-electron chi connectivity index (χ4n) is 3.22. The minimum absolute atomic E-state index is 0.331. The van der Waals surface area contributed by atoms with Crippen LogP contribution in [-0.2, 0) is 0 Å². The third-order valence-electron chi connectivity index (χ3n) is 4.35. The standard InChI is InChI=1S/C17H28N2O/c20-18-16-12-8-5-3-1-2-4-6-9-13-17(16)19-14-10-7-11-15-19/h3-6,17,20H,1-2,7-15H2/b5-3+,6-4+,18-16+/t17-/m1/s1. The third kappa shape index (κ3) is 4.78. The molecule has 1 aliphatic carbocycles.